The van der Waals surface area contributed by atoms with Gasteiger partial charge in [0.2, 0.25) is 0 Å². The zero-order valence-electron chi connectivity index (χ0n) is 12.5. The van der Waals surface area contributed by atoms with E-state index in [1.54, 1.807) is 0 Å². The van der Waals surface area contributed by atoms with Gasteiger partial charge in [-0.15, -0.1) is 0 Å². The Hall–Kier alpha value is -1.97. The molecule has 1 aromatic heterocycles. The molecule has 0 saturated carbocycles. The first-order valence-corrected chi connectivity index (χ1v) is 7.20. The van der Waals surface area contributed by atoms with Gasteiger partial charge >= 0.3 is 0 Å². The van der Waals surface area contributed by atoms with Gasteiger partial charge in [-0.05, 0) is 32.9 Å². The number of nitrogens with zero attached hydrogens (tertiary/aromatic N) is 3. The molecule has 4 heteroatoms. The van der Waals surface area contributed by atoms with E-state index in [0.29, 0.717) is 6.61 Å². The zero-order chi connectivity index (χ0) is 14.4. The van der Waals surface area contributed by atoms with Crippen LogP contribution in [0.2, 0.25) is 0 Å². The lowest BCUT2D eigenvalue weighted by Crippen LogP contribution is -2.21. The summed E-state index contributed by atoms with van der Waals surface area (Å²) in [5.41, 5.74) is 1.21. The fourth-order valence-electron chi connectivity index (χ4n) is 2.26. The van der Waals surface area contributed by atoms with E-state index in [-0.39, 0.29) is 0 Å². The van der Waals surface area contributed by atoms with E-state index in [9.17, 15) is 0 Å². The minimum atomic E-state index is 0.652. The van der Waals surface area contributed by atoms with Gasteiger partial charge in [0.15, 0.2) is 0 Å². The van der Waals surface area contributed by atoms with E-state index in [2.05, 4.69) is 40.4 Å². The highest BCUT2D eigenvalue weighted by atomic mass is 16.5. The van der Waals surface area contributed by atoms with Crippen LogP contribution < -0.4 is 9.64 Å². The number of hydrogen-bond donors (Lipinski definition) is 0. The van der Waals surface area contributed by atoms with E-state index >= 15 is 0 Å². The van der Waals surface area contributed by atoms with Crippen molar-refractivity contribution in [1.29, 1.82) is 0 Å². The first kappa shape index (κ1) is 14.4. The SMILES string of the molecule is CCN(CC)c1cccc(OCCn2ccnc2C)c1. The van der Waals surface area contributed by atoms with Crippen LogP contribution in [0.4, 0.5) is 5.69 Å². The molecule has 0 aliphatic carbocycles. The summed E-state index contributed by atoms with van der Waals surface area (Å²) in [6, 6.07) is 8.28. The van der Waals surface area contributed by atoms with Crippen molar-refractivity contribution in [2.75, 3.05) is 24.6 Å². The Bertz CT molecular complexity index is 532. The molecule has 0 atom stereocenters. The van der Waals surface area contributed by atoms with E-state index < -0.39 is 0 Å². The first-order chi connectivity index (χ1) is 9.74. The number of ether oxygens (including phenoxy) is 1. The van der Waals surface area contributed by atoms with Gasteiger partial charge in [-0.3, -0.25) is 0 Å². The third-order valence-corrected chi connectivity index (χ3v) is 3.47. The molecule has 108 valence electrons. The predicted octanol–water partition coefficient (Wildman–Crippen LogP) is 3.12. The molecule has 1 aromatic carbocycles. The number of rotatable bonds is 7. The van der Waals surface area contributed by atoms with E-state index in [0.717, 1.165) is 31.2 Å². The zero-order valence-corrected chi connectivity index (χ0v) is 12.5. The molecule has 0 unspecified atom stereocenters. The van der Waals surface area contributed by atoms with Crippen LogP contribution >= 0.6 is 0 Å². The largest absolute Gasteiger partial charge is 0.492 e. The van der Waals surface area contributed by atoms with Gasteiger partial charge in [-0.2, -0.15) is 0 Å². The normalized spacial score (nSPS) is 10.6. The third kappa shape index (κ3) is 3.53. The molecular formula is C16H23N3O. The Morgan fingerprint density at radius 2 is 2.05 bits per heavy atom. The quantitative estimate of drug-likeness (QED) is 0.776. The minimum absolute atomic E-state index is 0.652. The average molecular weight is 273 g/mol. The molecule has 0 aliphatic rings. The average Bonchev–Trinajstić information content (AvgIpc) is 2.86. The maximum Gasteiger partial charge on any atom is 0.121 e. The number of imidazole rings is 1. The van der Waals surface area contributed by atoms with Crippen molar-refractivity contribution in [1.82, 2.24) is 9.55 Å². The number of benzene rings is 1. The maximum absolute atomic E-state index is 5.84. The van der Waals surface area contributed by atoms with Crippen LogP contribution in [0.5, 0.6) is 5.75 Å². The van der Waals surface area contributed by atoms with E-state index in [1.807, 2.05) is 31.5 Å². The first-order valence-electron chi connectivity index (χ1n) is 7.20. The van der Waals surface area contributed by atoms with Crippen molar-refractivity contribution in [3.05, 3.63) is 42.5 Å². The van der Waals surface area contributed by atoms with E-state index in [4.69, 9.17) is 4.74 Å². The van der Waals surface area contributed by atoms with Gasteiger partial charge in [0.25, 0.3) is 0 Å². The Kier molecular flexibility index (Phi) is 5.04. The lowest BCUT2D eigenvalue weighted by molar-refractivity contribution is 0.297. The second-order valence-corrected chi connectivity index (χ2v) is 4.69. The second-order valence-electron chi connectivity index (χ2n) is 4.69. The Labute approximate surface area is 121 Å². The van der Waals surface area contributed by atoms with Crippen LogP contribution in [0.1, 0.15) is 19.7 Å². The molecule has 20 heavy (non-hydrogen) atoms. The van der Waals surface area contributed by atoms with Crippen molar-refractivity contribution in [3.8, 4) is 5.75 Å². The molecule has 0 fully saturated rings. The van der Waals surface area contributed by atoms with Crippen LogP contribution in [-0.2, 0) is 6.54 Å². The summed E-state index contributed by atoms with van der Waals surface area (Å²) < 4.78 is 7.93. The second kappa shape index (κ2) is 6.98. The summed E-state index contributed by atoms with van der Waals surface area (Å²) in [5.74, 6) is 1.94. The molecule has 0 amide bonds. The standard InChI is InChI=1S/C16H23N3O/c1-4-18(5-2)15-7-6-8-16(13-15)20-12-11-19-10-9-17-14(19)3/h6-10,13H,4-5,11-12H2,1-3H3. The third-order valence-electron chi connectivity index (χ3n) is 3.47. The van der Waals surface area contributed by atoms with Crippen molar-refractivity contribution in [2.24, 2.45) is 0 Å². The van der Waals surface area contributed by atoms with Gasteiger partial charge in [0, 0.05) is 37.2 Å². The topological polar surface area (TPSA) is 30.3 Å². The van der Waals surface area contributed by atoms with Crippen LogP contribution in [0.15, 0.2) is 36.7 Å². The van der Waals surface area contributed by atoms with E-state index in [1.165, 1.54) is 5.69 Å². The van der Waals surface area contributed by atoms with Crippen LogP contribution in [0, 0.1) is 6.92 Å². The van der Waals surface area contributed by atoms with Crippen molar-refractivity contribution in [2.45, 2.75) is 27.3 Å². The van der Waals surface area contributed by atoms with Crippen molar-refractivity contribution < 1.29 is 4.74 Å². The van der Waals surface area contributed by atoms with Gasteiger partial charge in [0.05, 0.1) is 6.54 Å². The van der Waals surface area contributed by atoms with Gasteiger partial charge < -0.3 is 14.2 Å². The van der Waals surface area contributed by atoms with Crippen LogP contribution in [-0.4, -0.2) is 29.2 Å². The number of hydrogen-bond acceptors (Lipinski definition) is 3. The molecule has 0 aliphatic heterocycles. The van der Waals surface area contributed by atoms with Crippen LogP contribution in [0.25, 0.3) is 0 Å². The lowest BCUT2D eigenvalue weighted by Gasteiger charge is -2.21. The smallest absolute Gasteiger partial charge is 0.121 e. The summed E-state index contributed by atoms with van der Waals surface area (Å²) in [7, 11) is 0. The van der Waals surface area contributed by atoms with Crippen LogP contribution in [0.3, 0.4) is 0 Å². The molecule has 0 radical (unpaired) electrons. The molecule has 1 heterocycles. The fourth-order valence-corrected chi connectivity index (χ4v) is 2.26. The van der Waals surface area contributed by atoms with Crippen molar-refractivity contribution >= 4 is 5.69 Å². The molecule has 0 bridgehead atoms. The summed E-state index contributed by atoms with van der Waals surface area (Å²) >= 11 is 0. The number of aromatic nitrogens is 2. The number of anilines is 1. The molecule has 0 N–H and O–H groups in total. The predicted molar refractivity (Wildman–Crippen MR) is 82.5 cm³/mol. The lowest BCUT2D eigenvalue weighted by atomic mass is 10.2. The highest BCUT2D eigenvalue weighted by Crippen LogP contribution is 2.21. The molecule has 2 aromatic rings. The molecule has 0 saturated heterocycles. The molecule has 0 spiro atoms. The summed E-state index contributed by atoms with van der Waals surface area (Å²) in [6.45, 7) is 9.82. The van der Waals surface area contributed by atoms with Crippen molar-refractivity contribution in [3.63, 3.8) is 0 Å². The minimum Gasteiger partial charge on any atom is -0.492 e. The highest BCUT2D eigenvalue weighted by molar-refractivity contribution is 5.50. The fraction of sp³-hybridized carbons (Fsp3) is 0.438. The summed E-state index contributed by atoms with van der Waals surface area (Å²) in [4.78, 5) is 6.51. The number of aryl methyl sites for hydroxylation is 1. The maximum atomic E-state index is 5.84. The van der Waals surface area contributed by atoms with Gasteiger partial charge in [-0.1, -0.05) is 6.07 Å². The molecule has 4 nitrogen and oxygen atoms in total. The Balaban J connectivity index is 1.93. The molecular weight excluding hydrogens is 250 g/mol. The highest BCUT2D eigenvalue weighted by Gasteiger charge is 2.03. The Morgan fingerprint density at radius 3 is 2.70 bits per heavy atom. The summed E-state index contributed by atoms with van der Waals surface area (Å²) in [5, 5.41) is 0. The molecule has 2 rings (SSSR count). The Morgan fingerprint density at radius 1 is 1.25 bits per heavy atom. The van der Waals surface area contributed by atoms with Gasteiger partial charge in [-0.25, -0.2) is 4.98 Å². The monoisotopic (exact) mass is 273 g/mol. The summed E-state index contributed by atoms with van der Waals surface area (Å²) in [6.07, 6.45) is 3.79. The van der Waals surface area contributed by atoms with Gasteiger partial charge in [0.1, 0.15) is 18.2 Å².